The number of nitriles is 1. The third-order valence-electron chi connectivity index (χ3n) is 5.33. The molecule has 1 fully saturated rings. The van der Waals surface area contributed by atoms with E-state index >= 15 is 0 Å². The molecule has 4 aromatic rings. The Hall–Kier alpha value is -3.92. The van der Waals surface area contributed by atoms with E-state index in [9.17, 15) is 10.1 Å². The highest BCUT2D eigenvalue weighted by Crippen LogP contribution is 2.32. The topological polar surface area (TPSA) is 90.6 Å². The molecule has 29 heavy (non-hydrogen) atoms. The van der Waals surface area contributed by atoms with E-state index < -0.39 is 0 Å². The minimum absolute atomic E-state index is 0.221. The molecule has 0 bridgehead atoms. The summed E-state index contributed by atoms with van der Waals surface area (Å²) in [6.07, 6.45) is 7.25. The number of aromatic nitrogens is 4. The average Bonchev–Trinajstić information content (AvgIpc) is 3.43. The van der Waals surface area contributed by atoms with Crippen molar-refractivity contribution in [2.24, 2.45) is 0 Å². The van der Waals surface area contributed by atoms with Crippen molar-refractivity contribution in [3.05, 3.63) is 71.0 Å². The standard InChI is InChI=1S/C22H18N6O/c23-11-15-10-16(12-24-20(15)27-8-4-5-9-27)18-13-28(17-6-2-1-3-7-17)21-19(18)22(29)26-14-25-21/h1-3,6-7,10,12-14H,4-5,8-9H2,(H,25,26,29). The first-order valence-electron chi connectivity index (χ1n) is 9.56. The summed E-state index contributed by atoms with van der Waals surface area (Å²) in [4.78, 5) is 26.4. The molecule has 1 aliphatic rings. The highest BCUT2D eigenvalue weighted by atomic mass is 16.1. The monoisotopic (exact) mass is 382 g/mol. The van der Waals surface area contributed by atoms with Crippen LogP contribution in [0.4, 0.5) is 5.82 Å². The van der Waals surface area contributed by atoms with E-state index in [1.807, 2.05) is 47.2 Å². The van der Waals surface area contributed by atoms with Crippen LogP contribution in [0.2, 0.25) is 0 Å². The van der Waals surface area contributed by atoms with Crippen molar-refractivity contribution in [3.63, 3.8) is 0 Å². The first kappa shape index (κ1) is 17.2. The minimum atomic E-state index is -0.221. The molecule has 4 heterocycles. The zero-order chi connectivity index (χ0) is 19.8. The van der Waals surface area contributed by atoms with E-state index in [-0.39, 0.29) is 5.56 Å². The summed E-state index contributed by atoms with van der Waals surface area (Å²) < 4.78 is 1.89. The van der Waals surface area contributed by atoms with Crippen LogP contribution in [0, 0.1) is 11.3 Å². The number of hydrogen-bond donors (Lipinski definition) is 1. The number of anilines is 1. The molecule has 1 aliphatic heterocycles. The summed E-state index contributed by atoms with van der Waals surface area (Å²) >= 11 is 0. The molecular formula is C22H18N6O. The van der Waals surface area contributed by atoms with Crippen molar-refractivity contribution in [2.75, 3.05) is 18.0 Å². The van der Waals surface area contributed by atoms with Crippen LogP contribution in [0.15, 0.2) is 59.9 Å². The average molecular weight is 382 g/mol. The second-order valence-electron chi connectivity index (χ2n) is 7.08. The summed E-state index contributed by atoms with van der Waals surface area (Å²) in [5, 5.41) is 10.2. The molecule has 0 unspecified atom stereocenters. The second kappa shape index (κ2) is 6.91. The van der Waals surface area contributed by atoms with Gasteiger partial charge in [-0.3, -0.25) is 4.79 Å². The van der Waals surface area contributed by atoms with E-state index in [0.717, 1.165) is 37.2 Å². The first-order chi connectivity index (χ1) is 14.3. The number of nitrogens with zero attached hydrogens (tertiary/aromatic N) is 5. The van der Waals surface area contributed by atoms with Gasteiger partial charge in [0.2, 0.25) is 0 Å². The third kappa shape index (κ3) is 2.86. The Balaban J connectivity index is 1.72. The summed E-state index contributed by atoms with van der Waals surface area (Å²) in [5.41, 5.74) is 3.20. The number of nitrogens with one attached hydrogen (secondary N) is 1. The van der Waals surface area contributed by atoms with Crippen LogP contribution in [-0.2, 0) is 0 Å². The number of benzene rings is 1. The van der Waals surface area contributed by atoms with Gasteiger partial charge < -0.3 is 14.5 Å². The third-order valence-corrected chi connectivity index (χ3v) is 5.33. The van der Waals surface area contributed by atoms with Gasteiger partial charge in [-0.15, -0.1) is 0 Å². The molecular weight excluding hydrogens is 364 g/mol. The molecule has 7 nitrogen and oxygen atoms in total. The van der Waals surface area contributed by atoms with Gasteiger partial charge in [-0.25, -0.2) is 9.97 Å². The van der Waals surface area contributed by atoms with Gasteiger partial charge in [-0.05, 0) is 31.0 Å². The molecule has 0 radical (unpaired) electrons. The Bertz CT molecular complexity index is 1290. The maximum atomic E-state index is 12.6. The predicted octanol–water partition coefficient (Wildman–Crippen LogP) is 3.25. The van der Waals surface area contributed by atoms with Crippen molar-refractivity contribution >= 4 is 16.9 Å². The largest absolute Gasteiger partial charge is 0.356 e. The Morgan fingerprint density at radius 1 is 1.10 bits per heavy atom. The maximum absolute atomic E-state index is 12.6. The van der Waals surface area contributed by atoms with Crippen LogP contribution in [-0.4, -0.2) is 32.6 Å². The van der Waals surface area contributed by atoms with E-state index in [1.165, 1.54) is 6.33 Å². The lowest BCUT2D eigenvalue weighted by molar-refractivity contribution is 0.934. The zero-order valence-corrected chi connectivity index (χ0v) is 15.7. The van der Waals surface area contributed by atoms with Gasteiger partial charge in [0.15, 0.2) is 5.65 Å². The molecule has 142 valence electrons. The van der Waals surface area contributed by atoms with Crippen molar-refractivity contribution in [2.45, 2.75) is 12.8 Å². The van der Waals surface area contributed by atoms with Gasteiger partial charge >= 0.3 is 0 Å². The lowest BCUT2D eigenvalue weighted by Gasteiger charge is -2.17. The molecule has 7 heteroatoms. The van der Waals surface area contributed by atoms with Crippen molar-refractivity contribution < 1.29 is 0 Å². The van der Waals surface area contributed by atoms with Crippen molar-refractivity contribution in [3.8, 4) is 22.9 Å². The number of aromatic amines is 1. The molecule has 0 aliphatic carbocycles. The number of hydrogen-bond acceptors (Lipinski definition) is 5. The predicted molar refractivity (Wildman–Crippen MR) is 111 cm³/mol. The number of fused-ring (bicyclic) bond motifs is 1. The normalized spacial score (nSPS) is 13.7. The van der Waals surface area contributed by atoms with Gasteiger partial charge in [-0.1, -0.05) is 18.2 Å². The van der Waals surface area contributed by atoms with E-state index in [1.54, 1.807) is 6.20 Å². The van der Waals surface area contributed by atoms with Gasteiger partial charge in [-0.2, -0.15) is 5.26 Å². The second-order valence-corrected chi connectivity index (χ2v) is 7.08. The number of H-pyrrole nitrogens is 1. The Morgan fingerprint density at radius 2 is 1.90 bits per heavy atom. The smallest absolute Gasteiger partial charge is 0.260 e. The Morgan fingerprint density at radius 3 is 2.66 bits per heavy atom. The van der Waals surface area contributed by atoms with Crippen LogP contribution in [0.1, 0.15) is 18.4 Å². The van der Waals surface area contributed by atoms with E-state index in [0.29, 0.717) is 28.0 Å². The quantitative estimate of drug-likeness (QED) is 0.587. The minimum Gasteiger partial charge on any atom is -0.356 e. The number of rotatable bonds is 3. The first-order valence-corrected chi connectivity index (χ1v) is 9.56. The zero-order valence-electron chi connectivity index (χ0n) is 15.7. The molecule has 5 rings (SSSR count). The van der Waals surface area contributed by atoms with E-state index in [2.05, 4.69) is 25.9 Å². The van der Waals surface area contributed by atoms with Crippen molar-refractivity contribution in [1.29, 1.82) is 5.26 Å². The summed E-state index contributed by atoms with van der Waals surface area (Å²) in [6, 6.07) is 13.8. The molecule has 1 aromatic carbocycles. The lowest BCUT2D eigenvalue weighted by Crippen LogP contribution is -2.20. The SMILES string of the molecule is N#Cc1cc(-c2cn(-c3ccccc3)c3nc[nH]c(=O)c23)cnc1N1CCCC1. The summed E-state index contributed by atoms with van der Waals surface area (Å²) in [7, 11) is 0. The molecule has 0 saturated carbocycles. The number of pyridine rings is 1. The van der Waals surface area contributed by atoms with Gasteiger partial charge in [0.05, 0.1) is 17.3 Å². The van der Waals surface area contributed by atoms with Gasteiger partial charge in [0.1, 0.15) is 11.9 Å². The molecule has 3 aromatic heterocycles. The highest BCUT2D eigenvalue weighted by molar-refractivity contribution is 5.94. The van der Waals surface area contributed by atoms with Crippen LogP contribution < -0.4 is 10.5 Å². The maximum Gasteiger partial charge on any atom is 0.260 e. The van der Waals surface area contributed by atoms with Gasteiger partial charge in [0, 0.05) is 42.3 Å². The fourth-order valence-corrected chi connectivity index (χ4v) is 3.94. The lowest BCUT2D eigenvalue weighted by atomic mass is 10.1. The Kier molecular flexibility index (Phi) is 4.10. The fraction of sp³-hybridized carbons (Fsp3) is 0.182. The fourth-order valence-electron chi connectivity index (χ4n) is 3.94. The van der Waals surface area contributed by atoms with Crippen LogP contribution in [0.5, 0.6) is 0 Å². The summed E-state index contributed by atoms with van der Waals surface area (Å²) in [5.74, 6) is 0.715. The van der Waals surface area contributed by atoms with Crippen molar-refractivity contribution in [1.82, 2.24) is 19.5 Å². The molecule has 1 saturated heterocycles. The van der Waals surface area contributed by atoms with Gasteiger partial charge in [0.25, 0.3) is 5.56 Å². The van der Waals surface area contributed by atoms with E-state index in [4.69, 9.17) is 0 Å². The van der Waals surface area contributed by atoms with Crippen LogP contribution in [0.3, 0.4) is 0 Å². The molecule has 0 amide bonds. The molecule has 1 N–H and O–H groups in total. The molecule has 0 spiro atoms. The number of para-hydroxylation sites is 1. The summed E-state index contributed by atoms with van der Waals surface area (Å²) in [6.45, 7) is 1.83. The highest BCUT2D eigenvalue weighted by Gasteiger charge is 2.20. The Labute approximate surface area is 166 Å². The van der Waals surface area contributed by atoms with Crippen LogP contribution >= 0.6 is 0 Å². The van der Waals surface area contributed by atoms with Crippen LogP contribution in [0.25, 0.3) is 27.8 Å². The molecule has 0 atom stereocenters.